The highest BCUT2D eigenvalue weighted by Crippen LogP contribution is 2.35. The highest BCUT2D eigenvalue weighted by molar-refractivity contribution is 6.02. The molecule has 7 nitrogen and oxygen atoms in total. The molecule has 2 N–H and O–H groups in total. The van der Waals surface area contributed by atoms with Crippen molar-refractivity contribution in [1.29, 1.82) is 0 Å². The summed E-state index contributed by atoms with van der Waals surface area (Å²) >= 11 is 0. The van der Waals surface area contributed by atoms with Gasteiger partial charge in [0, 0.05) is 24.9 Å². The number of hydrogen-bond donors (Lipinski definition) is 2. The van der Waals surface area contributed by atoms with Crippen LogP contribution in [0.2, 0.25) is 0 Å². The van der Waals surface area contributed by atoms with Gasteiger partial charge >= 0.3 is 0 Å². The van der Waals surface area contributed by atoms with E-state index in [4.69, 9.17) is 0 Å². The van der Waals surface area contributed by atoms with Crippen molar-refractivity contribution in [1.82, 2.24) is 25.3 Å². The second-order valence-corrected chi connectivity index (χ2v) is 9.08. The van der Waals surface area contributed by atoms with Gasteiger partial charge in [-0.15, -0.1) is 0 Å². The zero-order valence-electron chi connectivity index (χ0n) is 17.7. The van der Waals surface area contributed by atoms with Gasteiger partial charge < -0.3 is 10.2 Å². The smallest absolute Gasteiger partial charge is 0.235 e. The molecule has 3 fully saturated rings. The number of likely N-dealkylation sites (tertiary alicyclic amines) is 1. The van der Waals surface area contributed by atoms with Crippen LogP contribution in [0.25, 0.3) is 10.9 Å². The minimum atomic E-state index is -0.342. The fourth-order valence-corrected chi connectivity index (χ4v) is 5.54. The van der Waals surface area contributed by atoms with Gasteiger partial charge in [0.05, 0.1) is 17.1 Å². The van der Waals surface area contributed by atoms with Crippen LogP contribution in [0.4, 0.5) is 0 Å². The lowest BCUT2D eigenvalue weighted by atomic mass is 9.87. The monoisotopic (exact) mass is 409 g/mol. The number of carbonyl (C=O) groups excluding carboxylic acids is 2. The van der Waals surface area contributed by atoms with Crippen LogP contribution in [0.3, 0.4) is 0 Å². The van der Waals surface area contributed by atoms with Crippen LogP contribution in [0.1, 0.15) is 61.6 Å². The normalized spacial score (nSPS) is 25.0. The van der Waals surface area contributed by atoms with Crippen molar-refractivity contribution in [2.45, 2.75) is 56.4 Å². The molecule has 1 unspecified atom stereocenters. The van der Waals surface area contributed by atoms with Crippen LogP contribution in [0.5, 0.6) is 0 Å². The van der Waals surface area contributed by atoms with Crippen molar-refractivity contribution in [2.24, 2.45) is 7.05 Å². The van der Waals surface area contributed by atoms with Crippen LogP contribution in [0, 0.1) is 0 Å². The van der Waals surface area contributed by atoms with E-state index in [9.17, 15) is 9.59 Å². The first-order chi connectivity index (χ1) is 14.6. The Bertz CT molecular complexity index is 954. The summed E-state index contributed by atoms with van der Waals surface area (Å²) in [5.41, 5.74) is 3.25. The van der Waals surface area contributed by atoms with Crippen LogP contribution in [-0.4, -0.2) is 58.7 Å². The number of rotatable bonds is 3. The topological polar surface area (TPSA) is 79.3 Å². The number of hydrogen-bond acceptors (Lipinski definition) is 5. The summed E-state index contributed by atoms with van der Waals surface area (Å²) in [6.07, 6.45) is 5.86. The molecule has 3 saturated heterocycles. The van der Waals surface area contributed by atoms with Gasteiger partial charge in [-0.1, -0.05) is 12.1 Å². The van der Waals surface area contributed by atoms with E-state index in [0.717, 1.165) is 35.7 Å². The summed E-state index contributed by atoms with van der Waals surface area (Å²) in [5, 5.41) is 11.6. The molecule has 0 spiro atoms. The molecule has 1 atom stereocenters. The summed E-state index contributed by atoms with van der Waals surface area (Å²) < 4.78 is 1.89. The Kier molecular flexibility index (Phi) is 5.33. The molecule has 3 aliphatic rings. The van der Waals surface area contributed by atoms with Crippen LogP contribution in [0.15, 0.2) is 18.2 Å². The minimum Gasteiger partial charge on any atom is -0.317 e. The largest absolute Gasteiger partial charge is 0.317 e. The first kappa shape index (κ1) is 19.7. The predicted molar refractivity (Wildman–Crippen MR) is 115 cm³/mol. The number of nitrogens with zero attached hydrogens (tertiary/aromatic N) is 3. The number of aryl methyl sites for hydroxylation is 1. The number of nitrogens with one attached hydrogen (secondary N) is 2. The maximum atomic E-state index is 12.3. The number of carbonyl (C=O) groups is 2. The molecule has 160 valence electrons. The Balaban J connectivity index is 1.33. The molecule has 0 bridgehead atoms. The van der Waals surface area contributed by atoms with Gasteiger partial charge in [0.15, 0.2) is 0 Å². The van der Waals surface area contributed by atoms with Crippen molar-refractivity contribution in [2.75, 3.05) is 26.2 Å². The zero-order chi connectivity index (χ0) is 20.7. The SMILES string of the molecule is Cn1nc(C2CCC(=O)NC2=O)c2ccc(C3CCN(C4CCNCC4)CC3)cc21. The van der Waals surface area contributed by atoms with E-state index < -0.39 is 0 Å². The van der Waals surface area contributed by atoms with E-state index in [0.29, 0.717) is 18.8 Å². The molecule has 30 heavy (non-hydrogen) atoms. The maximum Gasteiger partial charge on any atom is 0.235 e. The average molecular weight is 410 g/mol. The van der Waals surface area contributed by atoms with Gasteiger partial charge in [-0.3, -0.25) is 19.6 Å². The van der Waals surface area contributed by atoms with Crippen molar-refractivity contribution in [3.63, 3.8) is 0 Å². The van der Waals surface area contributed by atoms with Crippen molar-refractivity contribution in [3.05, 3.63) is 29.5 Å². The number of aromatic nitrogens is 2. The molecule has 1 aromatic heterocycles. The summed E-state index contributed by atoms with van der Waals surface area (Å²) in [6, 6.07) is 7.38. The van der Waals surface area contributed by atoms with Crippen molar-refractivity contribution >= 4 is 22.7 Å². The van der Waals surface area contributed by atoms with Gasteiger partial charge in [-0.2, -0.15) is 5.10 Å². The van der Waals surface area contributed by atoms with E-state index >= 15 is 0 Å². The van der Waals surface area contributed by atoms with Gasteiger partial charge in [0.25, 0.3) is 0 Å². The highest BCUT2D eigenvalue weighted by atomic mass is 16.2. The molecule has 2 aromatic rings. The summed E-state index contributed by atoms with van der Waals surface area (Å²) in [7, 11) is 1.95. The molecular weight excluding hydrogens is 378 g/mol. The second-order valence-electron chi connectivity index (χ2n) is 9.08. The third kappa shape index (κ3) is 3.65. The molecule has 5 rings (SSSR count). The number of imide groups is 1. The van der Waals surface area contributed by atoms with E-state index in [1.165, 1.54) is 44.3 Å². The molecule has 1 aromatic carbocycles. The molecule has 0 aliphatic carbocycles. The number of fused-ring (bicyclic) bond motifs is 1. The lowest BCUT2D eigenvalue weighted by Gasteiger charge is -2.39. The Morgan fingerprint density at radius 3 is 2.53 bits per heavy atom. The van der Waals surface area contributed by atoms with Crippen molar-refractivity contribution < 1.29 is 9.59 Å². The first-order valence-electron chi connectivity index (χ1n) is 11.3. The summed E-state index contributed by atoms with van der Waals surface area (Å²) in [4.78, 5) is 26.5. The van der Waals surface area contributed by atoms with Gasteiger partial charge in [0.1, 0.15) is 0 Å². The van der Waals surface area contributed by atoms with E-state index in [1.807, 2.05) is 11.7 Å². The Labute approximate surface area is 177 Å². The van der Waals surface area contributed by atoms with Crippen LogP contribution in [-0.2, 0) is 16.6 Å². The second kappa shape index (κ2) is 8.12. The molecule has 4 heterocycles. The summed E-state index contributed by atoms with van der Waals surface area (Å²) in [6.45, 7) is 4.66. The summed E-state index contributed by atoms with van der Waals surface area (Å²) in [5.74, 6) is -0.165. The molecule has 2 amide bonds. The van der Waals surface area contributed by atoms with Crippen molar-refractivity contribution in [3.8, 4) is 0 Å². The quantitative estimate of drug-likeness (QED) is 0.759. The van der Waals surface area contributed by atoms with E-state index in [1.54, 1.807) is 0 Å². The molecule has 0 saturated carbocycles. The van der Waals surface area contributed by atoms with Gasteiger partial charge in [-0.05, 0) is 75.8 Å². The predicted octanol–water partition coefficient (Wildman–Crippen LogP) is 2.02. The number of benzene rings is 1. The Hall–Kier alpha value is -2.25. The number of piperidine rings is 3. The third-order valence-electron chi connectivity index (χ3n) is 7.30. The lowest BCUT2D eigenvalue weighted by Crippen LogP contribution is -2.46. The average Bonchev–Trinajstić information content (AvgIpc) is 3.10. The fourth-order valence-electron chi connectivity index (χ4n) is 5.54. The standard InChI is InChI=1S/C23H31N5O2/c1-27-20-14-16(15-8-12-28(13-9-15)17-6-10-24-11-7-17)2-3-18(20)22(26-27)19-4-5-21(29)25-23(19)30/h2-3,14-15,17,19,24H,4-13H2,1H3,(H,25,29,30). The molecule has 3 aliphatic heterocycles. The first-order valence-corrected chi connectivity index (χ1v) is 11.3. The lowest BCUT2D eigenvalue weighted by molar-refractivity contribution is -0.134. The molecule has 0 radical (unpaired) electrons. The van der Waals surface area contributed by atoms with Crippen LogP contribution >= 0.6 is 0 Å². The molecular formula is C23H31N5O2. The Morgan fingerprint density at radius 1 is 1.03 bits per heavy atom. The Morgan fingerprint density at radius 2 is 1.80 bits per heavy atom. The minimum absolute atomic E-state index is 0.186. The fraction of sp³-hybridized carbons (Fsp3) is 0.609. The van der Waals surface area contributed by atoms with E-state index in [2.05, 4.69) is 38.8 Å². The van der Waals surface area contributed by atoms with E-state index in [-0.39, 0.29) is 17.7 Å². The third-order valence-corrected chi connectivity index (χ3v) is 7.30. The van der Waals surface area contributed by atoms with Crippen LogP contribution < -0.4 is 10.6 Å². The maximum absolute atomic E-state index is 12.3. The van der Waals surface area contributed by atoms with Gasteiger partial charge in [-0.25, -0.2) is 0 Å². The van der Waals surface area contributed by atoms with Gasteiger partial charge in [0.2, 0.25) is 11.8 Å². The molecule has 7 heteroatoms. The number of amides is 2. The highest BCUT2D eigenvalue weighted by Gasteiger charge is 2.32. The zero-order valence-corrected chi connectivity index (χ0v) is 17.7.